The fourth-order valence-electron chi connectivity index (χ4n) is 2.77. The van der Waals surface area contributed by atoms with Crippen molar-refractivity contribution in [3.63, 3.8) is 0 Å². The summed E-state index contributed by atoms with van der Waals surface area (Å²) in [7, 11) is 2.13. The number of hydrogen-bond donors (Lipinski definition) is 0. The average Bonchev–Trinajstić information content (AvgIpc) is 2.82. The third-order valence-electron chi connectivity index (χ3n) is 3.87. The van der Waals surface area contributed by atoms with Crippen LogP contribution in [0.25, 0.3) is 10.2 Å². The summed E-state index contributed by atoms with van der Waals surface area (Å²) in [5, 5.41) is 1.76. The monoisotopic (exact) mass is 323 g/mol. The maximum absolute atomic E-state index is 12.9. The van der Waals surface area contributed by atoms with Gasteiger partial charge in [0.25, 0.3) is 5.56 Å². The molecule has 2 aromatic heterocycles. The molecule has 0 aromatic carbocycles. The van der Waals surface area contributed by atoms with Crippen LogP contribution in [0.15, 0.2) is 9.95 Å². The zero-order chi connectivity index (χ0) is 15.0. The summed E-state index contributed by atoms with van der Waals surface area (Å²) in [5.41, 5.74) is 1.41. The summed E-state index contributed by atoms with van der Waals surface area (Å²) in [5.74, 6) is 1.01. The lowest BCUT2D eigenvalue weighted by Crippen LogP contribution is -2.27. The maximum Gasteiger partial charge on any atom is 0.263 e. The lowest BCUT2D eigenvalue weighted by Gasteiger charge is -2.21. The topological polar surface area (TPSA) is 38.1 Å². The van der Waals surface area contributed by atoms with Gasteiger partial charge >= 0.3 is 0 Å². The van der Waals surface area contributed by atoms with E-state index in [1.54, 1.807) is 23.1 Å². The van der Waals surface area contributed by atoms with Crippen LogP contribution in [0.4, 0.5) is 0 Å². The van der Waals surface area contributed by atoms with Gasteiger partial charge in [-0.25, -0.2) is 4.98 Å². The molecular formula is C15H21N3OS2. The molecular weight excluding hydrogens is 302 g/mol. The Balaban J connectivity index is 2.18. The first-order chi connectivity index (χ1) is 10.2. The van der Waals surface area contributed by atoms with Crippen molar-refractivity contribution in [1.29, 1.82) is 0 Å². The number of rotatable bonds is 4. The van der Waals surface area contributed by atoms with E-state index in [1.807, 2.05) is 11.5 Å². The highest BCUT2D eigenvalue weighted by molar-refractivity contribution is 7.99. The maximum atomic E-state index is 12.9. The predicted molar refractivity (Wildman–Crippen MR) is 90.6 cm³/mol. The average molecular weight is 323 g/mol. The smallest absolute Gasteiger partial charge is 0.263 e. The first-order valence-electron chi connectivity index (χ1n) is 7.52. The molecule has 0 fully saturated rings. The summed E-state index contributed by atoms with van der Waals surface area (Å²) in [6, 6.07) is 0. The Labute approximate surface area is 133 Å². The minimum Gasteiger partial charge on any atom is -0.301 e. The Morgan fingerprint density at radius 2 is 2.19 bits per heavy atom. The van der Waals surface area contributed by atoms with Crippen molar-refractivity contribution in [3.8, 4) is 0 Å². The third-order valence-corrected chi connectivity index (χ3v) is 6.16. The number of thioether (sulfide) groups is 1. The van der Waals surface area contributed by atoms with Gasteiger partial charge in [-0.1, -0.05) is 18.7 Å². The van der Waals surface area contributed by atoms with E-state index in [4.69, 9.17) is 4.98 Å². The minimum atomic E-state index is 0.156. The zero-order valence-corrected chi connectivity index (χ0v) is 14.4. The Kier molecular flexibility index (Phi) is 4.38. The van der Waals surface area contributed by atoms with Gasteiger partial charge in [-0.15, -0.1) is 11.3 Å². The van der Waals surface area contributed by atoms with Gasteiger partial charge in [-0.05, 0) is 32.4 Å². The molecule has 0 saturated carbocycles. The second-order valence-electron chi connectivity index (χ2n) is 5.46. The highest BCUT2D eigenvalue weighted by Crippen LogP contribution is 2.33. The quantitative estimate of drug-likeness (QED) is 0.640. The van der Waals surface area contributed by atoms with Crippen molar-refractivity contribution < 1.29 is 0 Å². The highest BCUT2D eigenvalue weighted by atomic mass is 32.2. The van der Waals surface area contributed by atoms with Crippen LogP contribution >= 0.6 is 23.1 Å². The fourth-order valence-corrected chi connectivity index (χ4v) is 5.03. The molecule has 0 aliphatic carbocycles. The van der Waals surface area contributed by atoms with Crippen molar-refractivity contribution in [1.82, 2.24) is 14.5 Å². The van der Waals surface area contributed by atoms with E-state index in [9.17, 15) is 4.79 Å². The first kappa shape index (κ1) is 15.1. The van der Waals surface area contributed by atoms with Crippen molar-refractivity contribution in [2.45, 2.75) is 44.9 Å². The molecule has 3 heterocycles. The summed E-state index contributed by atoms with van der Waals surface area (Å²) < 4.78 is 1.84. The molecule has 2 aromatic rings. The van der Waals surface area contributed by atoms with Gasteiger partial charge in [0, 0.05) is 30.3 Å². The van der Waals surface area contributed by atoms with Crippen LogP contribution in [-0.2, 0) is 19.5 Å². The molecule has 3 rings (SSSR count). The third kappa shape index (κ3) is 2.64. The molecule has 1 aliphatic heterocycles. The van der Waals surface area contributed by atoms with Crippen LogP contribution < -0.4 is 5.56 Å². The number of fused-ring (bicyclic) bond motifs is 3. The molecule has 0 radical (unpaired) electrons. The summed E-state index contributed by atoms with van der Waals surface area (Å²) in [4.78, 5) is 22.2. The van der Waals surface area contributed by atoms with Crippen molar-refractivity contribution >= 4 is 33.3 Å². The van der Waals surface area contributed by atoms with Crippen molar-refractivity contribution in [2.75, 3.05) is 19.3 Å². The van der Waals surface area contributed by atoms with Crippen LogP contribution in [0, 0.1) is 0 Å². The van der Waals surface area contributed by atoms with E-state index >= 15 is 0 Å². The molecule has 21 heavy (non-hydrogen) atoms. The Morgan fingerprint density at radius 1 is 1.38 bits per heavy atom. The van der Waals surface area contributed by atoms with Crippen molar-refractivity contribution in [3.05, 3.63) is 20.8 Å². The van der Waals surface area contributed by atoms with Crippen LogP contribution in [-0.4, -0.2) is 33.8 Å². The van der Waals surface area contributed by atoms with Crippen molar-refractivity contribution in [2.24, 2.45) is 0 Å². The van der Waals surface area contributed by atoms with Gasteiger partial charge in [0.05, 0.1) is 5.39 Å². The number of hydrogen-bond acceptors (Lipinski definition) is 5. The normalized spacial score (nSPS) is 15.6. The fraction of sp³-hybridized carbons (Fsp3) is 0.600. The van der Waals surface area contributed by atoms with Gasteiger partial charge in [0.1, 0.15) is 4.83 Å². The largest absolute Gasteiger partial charge is 0.301 e. The predicted octanol–water partition coefficient (Wildman–Crippen LogP) is 2.97. The Hall–Kier alpha value is -0.850. The zero-order valence-electron chi connectivity index (χ0n) is 12.8. The molecule has 0 bridgehead atoms. The second kappa shape index (κ2) is 6.10. The lowest BCUT2D eigenvalue weighted by molar-refractivity contribution is 0.318. The first-order valence-corrected chi connectivity index (χ1v) is 9.32. The molecule has 0 saturated heterocycles. The number of thiophene rings is 1. The van der Waals surface area contributed by atoms with Crippen LogP contribution in [0.2, 0.25) is 0 Å². The van der Waals surface area contributed by atoms with E-state index in [-0.39, 0.29) is 5.56 Å². The van der Waals surface area contributed by atoms with E-state index in [2.05, 4.69) is 18.9 Å². The van der Waals surface area contributed by atoms with Crippen LogP contribution in [0.1, 0.15) is 30.7 Å². The van der Waals surface area contributed by atoms with Gasteiger partial charge in [0.2, 0.25) is 0 Å². The Bertz CT molecular complexity index is 720. The van der Waals surface area contributed by atoms with Gasteiger partial charge in [0.15, 0.2) is 5.16 Å². The van der Waals surface area contributed by atoms with E-state index in [0.29, 0.717) is 6.54 Å². The van der Waals surface area contributed by atoms with E-state index < -0.39 is 0 Å². The second-order valence-corrected chi connectivity index (χ2v) is 7.61. The molecule has 0 N–H and O–H groups in total. The molecule has 0 atom stereocenters. The number of aromatic nitrogens is 2. The molecule has 0 spiro atoms. The van der Waals surface area contributed by atoms with E-state index in [1.165, 1.54) is 10.4 Å². The molecule has 1 aliphatic rings. The van der Waals surface area contributed by atoms with Gasteiger partial charge in [-0.2, -0.15) is 0 Å². The van der Waals surface area contributed by atoms with Crippen LogP contribution in [0.5, 0.6) is 0 Å². The number of likely N-dealkylation sites (N-methyl/N-ethyl adjacent to an activating group) is 1. The molecule has 0 unspecified atom stereocenters. The number of nitrogens with zero attached hydrogens (tertiary/aromatic N) is 3. The molecule has 6 heteroatoms. The summed E-state index contributed by atoms with van der Waals surface area (Å²) >= 11 is 3.40. The lowest BCUT2D eigenvalue weighted by atomic mass is 10.1. The van der Waals surface area contributed by atoms with Gasteiger partial charge in [-0.3, -0.25) is 9.36 Å². The summed E-state index contributed by atoms with van der Waals surface area (Å²) in [6.45, 7) is 6.84. The van der Waals surface area contributed by atoms with Crippen LogP contribution in [0.3, 0.4) is 0 Å². The Morgan fingerprint density at radius 3 is 2.90 bits per heavy atom. The highest BCUT2D eigenvalue weighted by Gasteiger charge is 2.23. The standard InChI is InChI=1S/C15H21N3OS2/c1-4-8-20-15-16-13-12(14(19)18(15)5-2)10-6-7-17(3)9-11(10)21-13/h4-9H2,1-3H3. The SMILES string of the molecule is CCCSc1nc2sc3c(c2c(=O)n1CC)CCN(C)C3. The summed E-state index contributed by atoms with van der Waals surface area (Å²) in [6.07, 6.45) is 2.06. The molecule has 4 nitrogen and oxygen atoms in total. The molecule has 0 amide bonds. The van der Waals surface area contributed by atoms with Gasteiger partial charge < -0.3 is 4.90 Å². The minimum absolute atomic E-state index is 0.156. The molecule has 114 valence electrons. The van der Waals surface area contributed by atoms with E-state index in [0.717, 1.165) is 47.1 Å².